The summed E-state index contributed by atoms with van der Waals surface area (Å²) in [5.74, 6) is 2.67. The van der Waals surface area contributed by atoms with E-state index < -0.39 is 0 Å². The summed E-state index contributed by atoms with van der Waals surface area (Å²) < 4.78 is 0. The zero-order chi connectivity index (χ0) is 15.2. The van der Waals surface area contributed by atoms with Gasteiger partial charge in [-0.25, -0.2) is 9.97 Å². The van der Waals surface area contributed by atoms with Gasteiger partial charge in [-0.1, -0.05) is 24.3 Å². The lowest BCUT2D eigenvalue weighted by atomic mass is 10.1. The molecule has 0 saturated heterocycles. The third-order valence-corrected chi connectivity index (χ3v) is 3.63. The second kappa shape index (κ2) is 7.07. The van der Waals surface area contributed by atoms with Gasteiger partial charge in [-0.2, -0.15) is 0 Å². The van der Waals surface area contributed by atoms with Gasteiger partial charge in [0.2, 0.25) is 0 Å². The number of anilines is 2. The van der Waals surface area contributed by atoms with Crippen LogP contribution >= 0.6 is 0 Å². The van der Waals surface area contributed by atoms with Crippen LogP contribution < -0.4 is 10.2 Å². The van der Waals surface area contributed by atoms with Crippen molar-refractivity contribution in [1.82, 2.24) is 9.97 Å². The van der Waals surface area contributed by atoms with Gasteiger partial charge < -0.3 is 10.2 Å². The Hall–Kier alpha value is -2.10. The highest BCUT2D eigenvalue weighted by molar-refractivity contribution is 5.49. The molecule has 4 heteroatoms. The molecule has 2 aromatic rings. The fraction of sp³-hybridized carbons (Fsp3) is 0.412. The molecule has 4 nitrogen and oxygen atoms in total. The quantitative estimate of drug-likeness (QED) is 0.880. The van der Waals surface area contributed by atoms with E-state index in [4.69, 9.17) is 0 Å². The lowest BCUT2D eigenvalue weighted by molar-refractivity contribution is 0.834. The van der Waals surface area contributed by atoms with Gasteiger partial charge in [-0.3, -0.25) is 0 Å². The minimum absolute atomic E-state index is 0.779. The molecule has 0 unspecified atom stereocenters. The van der Waals surface area contributed by atoms with Crippen LogP contribution in [0.5, 0.6) is 0 Å². The van der Waals surface area contributed by atoms with Gasteiger partial charge in [-0.05, 0) is 38.8 Å². The van der Waals surface area contributed by atoms with Crippen molar-refractivity contribution in [1.29, 1.82) is 0 Å². The first-order valence-corrected chi connectivity index (χ1v) is 7.53. The summed E-state index contributed by atoms with van der Waals surface area (Å²) in [7, 11) is 0. The van der Waals surface area contributed by atoms with E-state index >= 15 is 0 Å². The van der Waals surface area contributed by atoms with Crippen molar-refractivity contribution in [3.63, 3.8) is 0 Å². The Balaban J connectivity index is 2.15. The Morgan fingerprint density at radius 1 is 1.05 bits per heavy atom. The first-order valence-electron chi connectivity index (χ1n) is 7.53. The standard InChI is InChI=1S/C17H24N4/c1-5-21(6-2)17-11-16(19-14(4)20-17)18-12-15-10-8-7-9-13(15)3/h7-11H,5-6,12H2,1-4H3,(H,18,19,20). The van der Waals surface area contributed by atoms with Crippen LogP contribution in [0.15, 0.2) is 30.3 Å². The number of hydrogen-bond donors (Lipinski definition) is 1. The predicted molar refractivity (Wildman–Crippen MR) is 88.8 cm³/mol. The zero-order valence-electron chi connectivity index (χ0n) is 13.3. The van der Waals surface area contributed by atoms with Crippen molar-refractivity contribution < 1.29 is 0 Å². The number of nitrogens with one attached hydrogen (secondary N) is 1. The molecule has 1 N–H and O–H groups in total. The van der Waals surface area contributed by atoms with Gasteiger partial charge >= 0.3 is 0 Å². The van der Waals surface area contributed by atoms with E-state index in [1.807, 2.05) is 13.0 Å². The monoisotopic (exact) mass is 284 g/mol. The van der Waals surface area contributed by atoms with Crippen molar-refractivity contribution in [2.75, 3.05) is 23.3 Å². The van der Waals surface area contributed by atoms with Gasteiger partial charge in [-0.15, -0.1) is 0 Å². The number of aryl methyl sites for hydroxylation is 2. The summed E-state index contributed by atoms with van der Waals surface area (Å²) in [6.45, 7) is 11.0. The molecule has 1 heterocycles. The lowest BCUT2D eigenvalue weighted by Crippen LogP contribution is -2.23. The smallest absolute Gasteiger partial charge is 0.134 e. The van der Waals surface area contributed by atoms with Crippen LogP contribution in [-0.2, 0) is 6.54 Å². The van der Waals surface area contributed by atoms with E-state index in [-0.39, 0.29) is 0 Å². The molecule has 1 aromatic heterocycles. The summed E-state index contributed by atoms with van der Waals surface area (Å²) in [6, 6.07) is 10.4. The molecule has 0 fully saturated rings. The summed E-state index contributed by atoms with van der Waals surface area (Å²) in [6.07, 6.45) is 0. The minimum Gasteiger partial charge on any atom is -0.366 e. The average molecular weight is 284 g/mol. The zero-order valence-corrected chi connectivity index (χ0v) is 13.3. The molecule has 112 valence electrons. The fourth-order valence-electron chi connectivity index (χ4n) is 2.35. The van der Waals surface area contributed by atoms with E-state index in [2.05, 4.69) is 65.2 Å². The molecule has 0 aliphatic heterocycles. The first-order chi connectivity index (χ1) is 10.1. The topological polar surface area (TPSA) is 41.0 Å². The third-order valence-electron chi connectivity index (χ3n) is 3.63. The van der Waals surface area contributed by atoms with Crippen molar-refractivity contribution in [3.8, 4) is 0 Å². The van der Waals surface area contributed by atoms with E-state index in [0.717, 1.165) is 37.1 Å². The normalized spacial score (nSPS) is 10.5. The molecule has 0 atom stereocenters. The van der Waals surface area contributed by atoms with Gasteiger partial charge in [0.1, 0.15) is 17.5 Å². The third kappa shape index (κ3) is 3.94. The highest BCUT2D eigenvalue weighted by Crippen LogP contribution is 2.17. The fourth-order valence-corrected chi connectivity index (χ4v) is 2.35. The Labute approximate surface area is 127 Å². The summed E-state index contributed by atoms with van der Waals surface area (Å²) in [4.78, 5) is 11.2. The van der Waals surface area contributed by atoms with Crippen molar-refractivity contribution in [2.24, 2.45) is 0 Å². The van der Waals surface area contributed by atoms with Crippen LogP contribution in [-0.4, -0.2) is 23.1 Å². The van der Waals surface area contributed by atoms with Crippen LogP contribution in [0.2, 0.25) is 0 Å². The second-order valence-electron chi connectivity index (χ2n) is 5.11. The molecular weight excluding hydrogens is 260 g/mol. The minimum atomic E-state index is 0.779. The number of benzene rings is 1. The van der Waals surface area contributed by atoms with Crippen molar-refractivity contribution in [3.05, 3.63) is 47.3 Å². The largest absolute Gasteiger partial charge is 0.366 e. The summed E-state index contributed by atoms with van der Waals surface area (Å²) in [5.41, 5.74) is 2.58. The molecule has 0 saturated carbocycles. The molecule has 0 bridgehead atoms. The van der Waals surface area contributed by atoms with Crippen LogP contribution in [0.1, 0.15) is 30.8 Å². The van der Waals surface area contributed by atoms with Gasteiger partial charge in [0.15, 0.2) is 0 Å². The Morgan fingerprint density at radius 2 is 1.76 bits per heavy atom. The van der Waals surface area contributed by atoms with Crippen molar-refractivity contribution in [2.45, 2.75) is 34.2 Å². The van der Waals surface area contributed by atoms with E-state index in [1.54, 1.807) is 0 Å². The number of hydrogen-bond acceptors (Lipinski definition) is 4. The van der Waals surface area contributed by atoms with Gasteiger partial charge in [0.25, 0.3) is 0 Å². The Morgan fingerprint density at radius 3 is 2.43 bits per heavy atom. The first kappa shape index (κ1) is 15.3. The van der Waals surface area contributed by atoms with Gasteiger partial charge in [0.05, 0.1) is 0 Å². The summed E-state index contributed by atoms with van der Waals surface area (Å²) in [5, 5.41) is 3.41. The number of rotatable bonds is 6. The molecule has 0 radical (unpaired) electrons. The highest BCUT2D eigenvalue weighted by atomic mass is 15.2. The maximum Gasteiger partial charge on any atom is 0.134 e. The Bertz CT molecular complexity index is 591. The Kier molecular flexibility index (Phi) is 5.14. The molecule has 21 heavy (non-hydrogen) atoms. The maximum absolute atomic E-state index is 4.52. The number of aromatic nitrogens is 2. The van der Waals surface area contributed by atoms with Crippen LogP contribution in [0.4, 0.5) is 11.6 Å². The molecule has 1 aromatic carbocycles. The summed E-state index contributed by atoms with van der Waals surface area (Å²) >= 11 is 0. The SMILES string of the molecule is CCN(CC)c1cc(NCc2ccccc2C)nc(C)n1. The van der Waals surface area contributed by atoms with Crippen LogP contribution in [0.25, 0.3) is 0 Å². The van der Waals surface area contributed by atoms with Gasteiger partial charge in [0, 0.05) is 25.7 Å². The molecule has 0 amide bonds. The predicted octanol–water partition coefficient (Wildman–Crippen LogP) is 3.55. The van der Waals surface area contributed by atoms with E-state index in [1.165, 1.54) is 11.1 Å². The molecule has 2 rings (SSSR count). The molecule has 0 aliphatic carbocycles. The van der Waals surface area contributed by atoms with Crippen LogP contribution in [0.3, 0.4) is 0 Å². The molecular formula is C17H24N4. The molecule has 0 aliphatic rings. The molecule has 0 spiro atoms. The second-order valence-corrected chi connectivity index (χ2v) is 5.11. The average Bonchev–Trinajstić information content (AvgIpc) is 2.47. The lowest BCUT2D eigenvalue weighted by Gasteiger charge is -2.20. The maximum atomic E-state index is 4.52. The van der Waals surface area contributed by atoms with Crippen molar-refractivity contribution >= 4 is 11.6 Å². The van der Waals surface area contributed by atoms with E-state index in [9.17, 15) is 0 Å². The number of nitrogens with zero attached hydrogens (tertiary/aromatic N) is 3. The van der Waals surface area contributed by atoms with Crippen LogP contribution in [0, 0.1) is 13.8 Å². The van der Waals surface area contributed by atoms with E-state index in [0.29, 0.717) is 0 Å². The highest BCUT2D eigenvalue weighted by Gasteiger charge is 2.07.